The summed E-state index contributed by atoms with van der Waals surface area (Å²) in [5.74, 6) is -0.158. The van der Waals surface area contributed by atoms with E-state index in [2.05, 4.69) is 5.32 Å². The Morgan fingerprint density at radius 3 is 2.52 bits per heavy atom. The van der Waals surface area contributed by atoms with Gasteiger partial charge in [0.15, 0.2) is 0 Å². The molecule has 0 atom stereocenters. The molecule has 9 heteroatoms. The second-order valence-corrected chi connectivity index (χ2v) is 7.97. The lowest BCUT2D eigenvalue weighted by Crippen LogP contribution is -2.41. The van der Waals surface area contributed by atoms with Gasteiger partial charge in [0.1, 0.15) is 5.75 Å². The molecule has 0 aliphatic carbocycles. The van der Waals surface area contributed by atoms with E-state index in [1.807, 2.05) is 6.07 Å². The molecular weight excluding hydrogens is 392 g/mol. The van der Waals surface area contributed by atoms with E-state index in [1.165, 1.54) is 25.3 Å². The molecule has 2 aromatic carbocycles. The highest BCUT2D eigenvalue weighted by molar-refractivity contribution is 7.89. The molecule has 2 rings (SSSR count). The Morgan fingerprint density at radius 1 is 1.22 bits per heavy atom. The lowest BCUT2D eigenvalue weighted by Gasteiger charge is -2.22. The quantitative estimate of drug-likeness (QED) is 0.652. The van der Waals surface area contributed by atoms with Crippen LogP contribution in [0.3, 0.4) is 0 Å². The Balaban J connectivity index is 2.34. The SMILES string of the molecule is COc1ccc(S(=O)(=O)N(CC(=O)NCCO)Cc2ccccc2)cc1Cl. The highest BCUT2D eigenvalue weighted by Gasteiger charge is 2.27. The van der Waals surface area contributed by atoms with Gasteiger partial charge in [0.25, 0.3) is 0 Å². The van der Waals surface area contributed by atoms with Gasteiger partial charge in [0.05, 0.1) is 30.2 Å². The van der Waals surface area contributed by atoms with Crippen molar-refractivity contribution in [2.75, 3.05) is 26.8 Å². The molecule has 0 heterocycles. The van der Waals surface area contributed by atoms with Gasteiger partial charge in [-0.3, -0.25) is 4.79 Å². The van der Waals surface area contributed by atoms with Crippen LogP contribution >= 0.6 is 11.6 Å². The van der Waals surface area contributed by atoms with Crippen LogP contribution in [0, 0.1) is 0 Å². The van der Waals surface area contributed by atoms with E-state index < -0.39 is 15.9 Å². The Morgan fingerprint density at radius 2 is 1.93 bits per heavy atom. The Kier molecular flexibility index (Phi) is 7.61. The number of carbonyl (C=O) groups is 1. The highest BCUT2D eigenvalue weighted by Crippen LogP contribution is 2.28. The summed E-state index contributed by atoms with van der Waals surface area (Å²) in [6, 6.07) is 13.1. The van der Waals surface area contributed by atoms with Crippen molar-refractivity contribution in [3.05, 3.63) is 59.1 Å². The molecule has 2 aromatic rings. The molecule has 0 aliphatic heterocycles. The molecule has 27 heavy (non-hydrogen) atoms. The zero-order chi connectivity index (χ0) is 19.9. The van der Waals surface area contributed by atoms with Crippen LogP contribution in [-0.2, 0) is 21.4 Å². The van der Waals surface area contributed by atoms with Crippen LogP contribution in [0.2, 0.25) is 5.02 Å². The molecule has 0 bridgehead atoms. The van der Waals surface area contributed by atoms with E-state index >= 15 is 0 Å². The summed E-state index contributed by atoms with van der Waals surface area (Å²) in [6.45, 7) is -0.558. The number of aliphatic hydroxyl groups is 1. The monoisotopic (exact) mass is 412 g/mol. The van der Waals surface area contributed by atoms with Crippen LogP contribution in [0.15, 0.2) is 53.4 Å². The maximum absolute atomic E-state index is 13.1. The summed E-state index contributed by atoms with van der Waals surface area (Å²) in [4.78, 5) is 12.0. The third-order valence-corrected chi connectivity index (χ3v) is 5.80. The van der Waals surface area contributed by atoms with Crippen LogP contribution in [0.4, 0.5) is 0 Å². The maximum Gasteiger partial charge on any atom is 0.243 e. The summed E-state index contributed by atoms with van der Waals surface area (Å²) in [5.41, 5.74) is 0.732. The highest BCUT2D eigenvalue weighted by atomic mass is 35.5. The normalized spacial score (nSPS) is 11.4. The van der Waals surface area contributed by atoms with Gasteiger partial charge in [-0.25, -0.2) is 8.42 Å². The van der Waals surface area contributed by atoms with E-state index in [9.17, 15) is 13.2 Å². The first-order chi connectivity index (χ1) is 12.9. The number of hydrogen-bond donors (Lipinski definition) is 2. The van der Waals surface area contributed by atoms with Crippen molar-refractivity contribution in [1.82, 2.24) is 9.62 Å². The number of amides is 1. The van der Waals surface area contributed by atoms with Crippen molar-refractivity contribution in [1.29, 1.82) is 0 Å². The average Bonchev–Trinajstić information content (AvgIpc) is 2.66. The number of rotatable bonds is 9. The van der Waals surface area contributed by atoms with Gasteiger partial charge in [-0.15, -0.1) is 0 Å². The van der Waals surface area contributed by atoms with Crippen LogP contribution in [-0.4, -0.2) is 50.5 Å². The third-order valence-electron chi connectivity index (χ3n) is 3.72. The predicted octanol–water partition coefficient (Wildman–Crippen LogP) is 1.65. The van der Waals surface area contributed by atoms with E-state index in [0.29, 0.717) is 5.75 Å². The summed E-state index contributed by atoms with van der Waals surface area (Å²) in [5, 5.41) is 11.4. The molecule has 0 spiro atoms. The van der Waals surface area contributed by atoms with Gasteiger partial charge in [-0.05, 0) is 23.8 Å². The standard InChI is InChI=1S/C18H21ClN2O5S/c1-26-17-8-7-15(11-16(17)19)27(24,25)21(13-18(23)20-9-10-22)12-14-5-3-2-4-6-14/h2-8,11,22H,9-10,12-13H2,1H3,(H,20,23). The smallest absolute Gasteiger partial charge is 0.243 e. The van der Waals surface area contributed by atoms with Crippen molar-refractivity contribution in [3.8, 4) is 5.75 Å². The zero-order valence-electron chi connectivity index (χ0n) is 14.8. The van der Waals surface area contributed by atoms with Gasteiger partial charge in [0, 0.05) is 13.1 Å². The number of carbonyl (C=O) groups excluding carboxylic acids is 1. The van der Waals surface area contributed by atoms with Crippen molar-refractivity contribution < 1.29 is 23.1 Å². The number of nitrogens with zero attached hydrogens (tertiary/aromatic N) is 1. The molecule has 7 nitrogen and oxygen atoms in total. The largest absolute Gasteiger partial charge is 0.495 e. The maximum atomic E-state index is 13.1. The molecular formula is C18H21ClN2O5S. The molecule has 2 N–H and O–H groups in total. The molecule has 0 radical (unpaired) electrons. The minimum absolute atomic E-state index is 0.0133. The first-order valence-electron chi connectivity index (χ1n) is 8.13. The molecule has 146 valence electrons. The van der Waals surface area contributed by atoms with Crippen LogP contribution in [0.5, 0.6) is 5.75 Å². The van der Waals surface area contributed by atoms with Gasteiger partial charge in [-0.1, -0.05) is 41.9 Å². The second kappa shape index (κ2) is 9.70. The van der Waals surface area contributed by atoms with Crippen LogP contribution < -0.4 is 10.1 Å². The number of halogens is 1. The fraction of sp³-hybridized carbons (Fsp3) is 0.278. The van der Waals surface area contributed by atoms with E-state index in [1.54, 1.807) is 24.3 Å². The molecule has 0 unspecified atom stereocenters. The minimum Gasteiger partial charge on any atom is -0.495 e. The minimum atomic E-state index is -4.00. The number of ether oxygens (including phenoxy) is 1. The lowest BCUT2D eigenvalue weighted by atomic mass is 10.2. The molecule has 0 saturated carbocycles. The molecule has 0 saturated heterocycles. The molecule has 1 amide bonds. The Hall–Kier alpha value is -2.13. The summed E-state index contributed by atoms with van der Waals surface area (Å²) in [6.07, 6.45) is 0. The lowest BCUT2D eigenvalue weighted by molar-refractivity contribution is -0.121. The number of methoxy groups -OCH3 is 1. The Labute approximate surface area is 163 Å². The van der Waals surface area contributed by atoms with Crippen LogP contribution in [0.25, 0.3) is 0 Å². The van der Waals surface area contributed by atoms with E-state index in [0.717, 1.165) is 9.87 Å². The number of aliphatic hydroxyl groups excluding tert-OH is 1. The summed E-state index contributed by atoms with van der Waals surface area (Å²) in [7, 11) is -2.56. The van der Waals surface area contributed by atoms with Crippen molar-refractivity contribution >= 4 is 27.5 Å². The Bertz CT molecular complexity index is 875. The van der Waals surface area contributed by atoms with Crippen molar-refractivity contribution in [3.63, 3.8) is 0 Å². The number of hydrogen-bond acceptors (Lipinski definition) is 5. The average molecular weight is 413 g/mol. The molecule has 0 aromatic heterocycles. The van der Waals surface area contributed by atoms with Gasteiger partial charge in [-0.2, -0.15) is 4.31 Å². The van der Waals surface area contributed by atoms with Crippen LogP contribution in [0.1, 0.15) is 5.56 Å². The predicted molar refractivity (Wildman–Crippen MR) is 102 cm³/mol. The van der Waals surface area contributed by atoms with E-state index in [4.69, 9.17) is 21.4 Å². The third kappa shape index (κ3) is 5.67. The zero-order valence-corrected chi connectivity index (χ0v) is 16.3. The number of sulfonamides is 1. The topological polar surface area (TPSA) is 95.9 Å². The fourth-order valence-electron chi connectivity index (χ4n) is 2.38. The summed E-state index contributed by atoms with van der Waals surface area (Å²) < 4.78 is 32.3. The van der Waals surface area contributed by atoms with Crippen molar-refractivity contribution in [2.45, 2.75) is 11.4 Å². The number of nitrogens with one attached hydrogen (secondary N) is 1. The molecule has 0 fully saturated rings. The molecule has 0 aliphatic rings. The van der Waals surface area contributed by atoms with Crippen molar-refractivity contribution in [2.24, 2.45) is 0 Å². The number of benzene rings is 2. The first-order valence-corrected chi connectivity index (χ1v) is 9.95. The fourth-order valence-corrected chi connectivity index (χ4v) is 4.11. The second-order valence-electron chi connectivity index (χ2n) is 5.63. The van der Waals surface area contributed by atoms with Gasteiger partial charge >= 0.3 is 0 Å². The first kappa shape index (κ1) is 21.2. The summed E-state index contributed by atoms with van der Waals surface area (Å²) >= 11 is 6.06. The van der Waals surface area contributed by atoms with Gasteiger partial charge < -0.3 is 15.2 Å². The van der Waals surface area contributed by atoms with Gasteiger partial charge in [0.2, 0.25) is 15.9 Å². The van der Waals surface area contributed by atoms with E-state index in [-0.39, 0.29) is 36.2 Å².